The van der Waals surface area contributed by atoms with Gasteiger partial charge in [0.1, 0.15) is 0 Å². The highest BCUT2D eigenvalue weighted by atomic mass is 32.2. The molecule has 0 saturated heterocycles. The molecule has 32 heavy (non-hydrogen) atoms. The van der Waals surface area contributed by atoms with Crippen LogP contribution in [0.3, 0.4) is 0 Å². The van der Waals surface area contributed by atoms with Gasteiger partial charge >= 0.3 is 12.1 Å². The summed E-state index contributed by atoms with van der Waals surface area (Å²) >= 11 is 1.02. The Balaban J connectivity index is 1.70. The number of hydrogen-bond donors (Lipinski definition) is 2. The summed E-state index contributed by atoms with van der Waals surface area (Å²) < 4.78 is 43.4. The van der Waals surface area contributed by atoms with E-state index in [4.69, 9.17) is 4.74 Å². The van der Waals surface area contributed by atoms with E-state index in [1.54, 1.807) is 12.1 Å². The number of carbonyl (C=O) groups excluding carboxylic acids is 3. The Morgan fingerprint density at radius 3 is 2.50 bits per heavy atom. The van der Waals surface area contributed by atoms with Gasteiger partial charge in [0.25, 0.3) is 0 Å². The molecule has 2 aromatic carbocycles. The van der Waals surface area contributed by atoms with Gasteiger partial charge in [0.15, 0.2) is 0 Å². The fourth-order valence-electron chi connectivity index (χ4n) is 3.18. The van der Waals surface area contributed by atoms with E-state index < -0.39 is 40.8 Å². The molecule has 0 saturated carbocycles. The first kappa shape index (κ1) is 23.6. The molecule has 2 N–H and O–H groups in total. The molecule has 170 valence electrons. The quantitative estimate of drug-likeness (QED) is 0.623. The monoisotopic (exact) mass is 466 g/mol. The van der Waals surface area contributed by atoms with Crippen LogP contribution in [0.5, 0.6) is 0 Å². The van der Waals surface area contributed by atoms with Crippen LogP contribution in [-0.2, 0) is 25.3 Å². The fourth-order valence-corrected chi connectivity index (χ4v) is 4.27. The molecule has 0 aromatic heterocycles. The number of halogens is 3. The SMILES string of the molecule is COC(=O)C[C@@H](NC(=O)C[C@@H]1Sc2ccc(C(F)(F)F)cc2NC1=O)c1ccc(C)cc1. The Bertz CT molecular complexity index is 1020. The van der Waals surface area contributed by atoms with Gasteiger partial charge in [0.2, 0.25) is 11.8 Å². The van der Waals surface area contributed by atoms with E-state index in [-0.39, 0.29) is 18.5 Å². The Kier molecular flexibility index (Phi) is 7.12. The topological polar surface area (TPSA) is 84.5 Å². The first-order chi connectivity index (χ1) is 15.1. The van der Waals surface area contributed by atoms with E-state index in [0.717, 1.165) is 29.5 Å². The number of nitrogens with one attached hydrogen (secondary N) is 2. The smallest absolute Gasteiger partial charge is 0.416 e. The van der Waals surface area contributed by atoms with E-state index in [9.17, 15) is 27.6 Å². The molecule has 3 rings (SSSR count). The summed E-state index contributed by atoms with van der Waals surface area (Å²) in [5.74, 6) is -1.53. The lowest BCUT2D eigenvalue weighted by molar-refractivity contribution is -0.141. The molecule has 1 aliphatic heterocycles. The summed E-state index contributed by atoms with van der Waals surface area (Å²) in [4.78, 5) is 37.3. The van der Waals surface area contributed by atoms with Crippen LogP contribution in [0, 0.1) is 6.92 Å². The number of alkyl halides is 3. The standard InChI is InChI=1S/C22H21F3N2O4S/c1-12-3-5-13(6-4-12)15(10-20(29)31-2)26-19(28)11-18-21(30)27-16-9-14(22(23,24)25)7-8-17(16)32-18/h3-9,15,18H,10-11H2,1-2H3,(H,26,28)(H,27,30)/t15-,18+/m1/s1. The Morgan fingerprint density at radius 1 is 1.19 bits per heavy atom. The fraction of sp³-hybridized carbons (Fsp3) is 0.318. The van der Waals surface area contributed by atoms with Gasteiger partial charge in [-0.2, -0.15) is 13.2 Å². The molecular weight excluding hydrogens is 445 g/mol. The largest absolute Gasteiger partial charge is 0.469 e. The van der Waals surface area contributed by atoms with Gasteiger partial charge in [0.05, 0.1) is 36.1 Å². The molecule has 2 amide bonds. The number of aryl methyl sites for hydroxylation is 1. The molecule has 0 fully saturated rings. The number of anilines is 1. The number of esters is 1. The number of carbonyl (C=O) groups is 3. The Labute approximate surface area is 186 Å². The maximum atomic E-state index is 12.9. The maximum absolute atomic E-state index is 12.9. The Hall–Kier alpha value is -3.01. The van der Waals surface area contributed by atoms with Crippen LogP contribution in [0.4, 0.5) is 18.9 Å². The van der Waals surface area contributed by atoms with Crippen molar-refractivity contribution in [3.63, 3.8) is 0 Å². The molecule has 0 aliphatic carbocycles. The number of rotatable bonds is 6. The summed E-state index contributed by atoms with van der Waals surface area (Å²) in [5, 5.41) is 4.38. The zero-order valence-corrected chi connectivity index (χ0v) is 18.1. The van der Waals surface area contributed by atoms with Gasteiger partial charge in [-0.1, -0.05) is 29.8 Å². The molecule has 0 radical (unpaired) electrons. The molecule has 0 bridgehead atoms. The predicted octanol–water partition coefficient (Wildman–Crippen LogP) is 4.24. The van der Waals surface area contributed by atoms with Gasteiger partial charge in [0, 0.05) is 11.3 Å². The maximum Gasteiger partial charge on any atom is 0.416 e. The summed E-state index contributed by atoms with van der Waals surface area (Å²) in [6.07, 6.45) is -4.81. The van der Waals surface area contributed by atoms with E-state index in [1.165, 1.54) is 13.2 Å². The molecule has 2 aromatic rings. The van der Waals surface area contributed by atoms with Crippen molar-refractivity contribution >= 4 is 35.2 Å². The van der Waals surface area contributed by atoms with E-state index >= 15 is 0 Å². The van der Waals surface area contributed by atoms with Gasteiger partial charge in [-0.25, -0.2) is 0 Å². The summed E-state index contributed by atoms with van der Waals surface area (Å²) in [6.45, 7) is 1.91. The molecule has 2 atom stereocenters. The van der Waals surface area contributed by atoms with Crippen molar-refractivity contribution in [1.29, 1.82) is 0 Å². The third-order valence-corrected chi connectivity index (χ3v) is 6.19. The molecule has 6 nitrogen and oxygen atoms in total. The van der Waals surface area contributed by atoms with Gasteiger partial charge in [-0.3, -0.25) is 14.4 Å². The minimum absolute atomic E-state index is 0.0645. The molecule has 1 aliphatic rings. The number of hydrogen-bond acceptors (Lipinski definition) is 5. The first-order valence-electron chi connectivity index (χ1n) is 9.68. The van der Waals surface area contributed by atoms with Crippen LogP contribution < -0.4 is 10.6 Å². The second-order valence-corrected chi connectivity index (χ2v) is 8.56. The number of thioether (sulfide) groups is 1. The summed E-state index contributed by atoms with van der Waals surface area (Å²) in [6, 6.07) is 9.72. The third kappa shape index (κ3) is 5.82. The van der Waals surface area contributed by atoms with Crippen molar-refractivity contribution < 1.29 is 32.3 Å². The summed E-state index contributed by atoms with van der Waals surface area (Å²) in [5.41, 5.74) is 0.923. The van der Waals surface area contributed by atoms with Crippen molar-refractivity contribution in [1.82, 2.24) is 5.32 Å². The average molecular weight is 466 g/mol. The highest BCUT2D eigenvalue weighted by Gasteiger charge is 2.34. The van der Waals surface area contributed by atoms with Gasteiger partial charge in [-0.15, -0.1) is 11.8 Å². The summed E-state index contributed by atoms with van der Waals surface area (Å²) in [7, 11) is 1.25. The normalized spacial score (nSPS) is 16.5. The van der Waals surface area contributed by atoms with E-state index in [2.05, 4.69) is 10.6 Å². The second-order valence-electron chi connectivity index (χ2n) is 7.32. The third-order valence-electron chi connectivity index (χ3n) is 4.91. The van der Waals surface area contributed by atoms with Crippen molar-refractivity contribution in [2.45, 2.75) is 42.1 Å². The van der Waals surface area contributed by atoms with Crippen molar-refractivity contribution in [2.75, 3.05) is 12.4 Å². The number of amides is 2. The molecule has 0 spiro atoms. The zero-order valence-electron chi connectivity index (χ0n) is 17.3. The van der Waals surface area contributed by atoms with Crippen LogP contribution in [0.1, 0.15) is 35.6 Å². The van der Waals surface area contributed by atoms with Crippen molar-refractivity contribution in [2.24, 2.45) is 0 Å². The van der Waals surface area contributed by atoms with Crippen LogP contribution in [0.15, 0.2) is 47.4 Å². The minimum Gasteiger partial charge on any atom is -0.469 e. The van der Waals surface area contributed by atoms with Crippen molar-refractivity contribution in [3.05, 3.63) is 59.2 Å². The van der Waals surface area contributed by atoms with E-state index in [1.807, 2.05) is 19.1 Å². The van der Waals surface area contributed by atoms with Crippen molar-refractivity contribution in [3.8, 4) is 0 Å². The van der Waals surface area contributed by atoms with Gasteiger partial charge in [-0.05, 0) is 30.7 Å². The lowest BCUT2D eigenvalue weighted by atomic mass is 10.0. The molecule has 1 heterocycles. The number of benzene rings is 2. The van der Waals surface area contributed by atoms with Gasteiger partial charge < -0.3 is 15.4 Å². The number of fused-ring (bicyclic) bond motifs is 1. The lowest BCUT2D eigenvalue weighted by Gasteiger charge is -2.25. The second kappa shape index (κ2) is 9.64. The first-order valence-corrected chi connectivity index (χ1v) is 10.6. The molecule has 10 heteroatoms. The highest BCUT2D eigenvalue weighted by molar-refractivity contribution is 8.01. The number of methoxy groups -OCH3 is 1. The number of ether oxygens (including phenoxy) is 1. The Morgan fingerprint density at radius 2 is 1.88 bits per heavy atom. The highest BCUT2D eigenvalue weighted by Crippen LogP contribution is 2.40. The zero-order chi connectivity index (χ0) is 23.5. The van der Waals surface area contributed by atoms with Crippen LogP contribution in [-0.4, -0.2) is 30.1 Å². The van der Waals surface area contributed by atoms with Crippen LogP contribution >= 0.6 is 11.8 Å². The molecular formula is C22H21F3N2O4S. The van der Waals surface area contributed by atoms with Crippen LogP contribution in [0.2, 0.25) is 0 Å². The predicted molar refractivity (Wildman–Crippen MR) is 113 cm³/mol. The van der Waals surface area contributed by atoms with Crippen LogP contribution in [0.25, 0.3) is 0 Å². The lowest BCUT2D eigenvalue weighted by Crippen LogP contribution is -2.37. The average Bonchev–Trinajstić information content (AvgIpc) is 2.73. The molecule has 0 unspecified atom stereocenters. The van der Waals surface area contributed by atoms with E-state index in [0.29, 0.717) is 10.5 Å². The minimum atomic E-state index is -4.52.